The van der Waals surface area contributed by atoms with Crippen molar-refractivity contribution < 1.29 is 29.6 Å². The maximum Gasteiger partial charge on any atom is 0.238 e. The van der Waals surface area contributed by atoms with E-state index in [0.717, 1.165) is 38.9 Å². The Morgan fingerprint density at radius 2 is 1.50 bits per heavy atom. The molecule has 2 aliphatic rings. The van der Waals surface area contributed by atoms with E-state index < -0.39 is 30.5 Å². The average molecular weight is 695 g/mol. The van der Waals surface area contributed by atoms with Gasteiger partial charge >= 0.3 is 0 Å². The Hall–Kier alpha value is -5.70. The smallest absolute Gasteiger partial charge is 0.238 e. The Morgan fingerprint density at radius 3 is 2.21 bits per heavy atom. The Labute approximate surface area is 303 Å². The van der Waals surface area contributed by atoms with Gasteiger partial charge in [-0.1, -0.05) is 78.4 Å². The Morgan fingerprint density at radius 1 is 0.846 bits per heavy atom. The van der Waals surface area contributed by atoms with Crippen LogP contribution in [-0.2, 0) is 9.59 Å². The van der Waals surface area contributed by atoms with Crippen molar-refractivity contribution in [2.75, 3.05) is 23.4 Å². The lowest BCUT2D eigenvalue weighted by molar-refractivity contribution is -0.123. The normalized spacial score (nSPS) is 19.6. The first-order valence-corrected chi connectivity index (χ1v) is 17.7. The molecular formula is C44H42N2O6. The highest BCUT2D eigenvalue weighted by atomic mass is 16.5. The largest absolute Gasteiger partial charge is 0.507 e. The summed E-state index contributed by atoms with van der Waals surface area (Å²) in [4.78, 5) is 29.5. The molecule has 7 rings (SSSR count). The van der Waals surface area contributed by atoms with E-state index in [4.69, 9.17) is 4.74 Å². The molecule has 0 radical (unpaired) electrons. The number of anilines is 3. The minimum absolute atomic E-state index is 0.117. The summed E-state index contributed by atoms with van der Waals surface area (Å²) in [6, 6.07) is 37.4. The molecule has 0 saturated carbocycles. The first kappa shape index (κ1) is 34.7. The van der Waals surface area contributed by atoms with Crippen LogP contribution in [0.5, 0.6) is 11.5 Å². The van der Waals surface area contributed by atoms with Crippen molar-refractivity contribution in [3.8, 4) is 11.5 Å². The van der Waals surface area contributed by atoms with Gasteiger partial charge in [0.05, 0.1) is 30.2 Å². The molecule has 5 aromatic carbocycles. The van der Waals surface area contributed by atoms with Crippen LogP contribution in [0.25, 0.3) is 16.8 Å². The number of aliphatic hydroxyl groups is 2. The minimum Gasteiger partial charge on any atom is -0.507 e. The van der Waals surface area contributed by atoms with Crippen LogP contribution in [0.15, 0.2) is 138 Å². The molecule has 8 heteroatoms. The zero-order valence-corrected chi connectivity index (χ0v) is 29.0. The predicted molar refractivity (Wildman–Crippen MR) is 204 cm³/mol. The summed E-state index contributed by atoms with van der Waals surface area (Å²) in [5.41, 5.74) is 5.49. The van der Waals surface area contributed by atoms with Crippen molar-refractivity contribution in [3.05, 3.63) is 144 Å². The number of aromatic hydroxyl groups is 1. The Balaban J connectivity index is 1.14. The number of rotatable bonds is 12. The van der Waals surface area contributed by atoms with E-state index in [0.29, 0.717) is 29.9 Å². The summed E-state index contributed by atoms with van der Waals surface area (Å²) in [7, 11) is 0. The molecule has 2 amide bonds. The van der Waals surface area contributed by atoms with Gasteiger partial charge in [-0.25, -0.2) is 0 Å². The van der Waals surface area contributed by atoms with Gasteiger partial charge in [-0.2, -0.15) is 0 Å². The third kappa shape index (κ3) is 7.08. The number of phenols is 1. The second-order valence-corrected chi connectivity index (χ2v) is 13.6. The van der Waals surface area contributed by atoms with Gasteiger partial charge in [0.1, 0.15) is 18.1 Å². The molecule has 0 unspecified atom stereocenters. The van der Waals surface area contributed by atoms with Crippen LogP contribution in [0.1, 0.15) is 31.7 Å². The van der Waals surface area contributed by atoms with Crippen molar-refractivity contribution >= 4 is 45.7 Å². The summed E-state index contributed by atoms with van der Waals surface area (Å²) in [6.07, 6.45) is 2.20. The van der Waals surface area contributed by atoms with E-state index in [9.17, 15) is 24.9 Å². The van der Waals surface area contributed by atoms with Crippen LogP contribution in [0.4, 0.5) is 17.1 Å². The van der Waals surface area contributed by atoms with Crippen LogP contribution in [0.2, 0.25) is 0 Å². The highest BCUT2D eigenvalue weighted by Crippen LogP contribution is 2.47. The first-order chi connectivity index (χ1) is 25.3. The Kier molecular flexibility index (Phi) is 10.2. The van der Waals surface area contributed by atoms with E-state index in [2.05, 4.69) is 11.4 Å². The van der Waals surface area contributed by atoms with Crippen LogP contribution in [0.3, 0.4) is 0 Å². The fraction of sp³-hybridized carbons (Fsp3) is 0.227. The standard InChI is InChI=1S/C44H42N2O6/c1-28(24-29-17-23-39(48)36-15-9-8-14-35(29)36)16-22-40(49)41-30(27-52-34-12-6-3-7-13-34)25-37-42(38(41)26-47)44(51)46(43(37)50)33-20-18-32(19-21-33)45-31-10-4-2-5-11-31/h2-15,17-21,23-24,37-38,40,42,45,47-49H,16,22,25-27H2,1H3/b28-24+/t37-,38+,40-,42-/m1/s1. The lowest BCUT2D eigenvalue weighted by Gasteiger charge is -2.36. The van der Waals surface area contributed by atoms with Gasteiger partial charge in [-0.3, -0.25) is 14.5 Å². The van der Waals surface area contributed by atoms with E-state index in [-0.39, 0.29) is 30.6 Å². The molecule has 8 nitrogen and oxygen atoms in total. The number of imide groups is 1. The highest BCUT2D eigenvalue weighted by molar-refractivity contribution is 6.22. The highest BCUT2D eigenvalue weighted by Gasteiger charge is 2.55. The molecule has 4 N–H and O–H groups in total. The number of nitrogens with zero attached hydrogens (tertiary/aromatic N) is 1. The molecule has 1 fully saturated rings. The zero-order chi connectivity index (χ0) is 36.2. The second-order valence-electron chi connectivity index (χ2n) is 13.6. The molecule has 0 aromatic heterocycles. The predicted octanol–water partition coefficient (Wildman–Crippen LogP) is 8.03. The molecule has 52 heavy (non-hydrogen) atoms. The van der Waals surface area contributed by atoms with Crippen molar-refractivity contribution in [1.82, 2.24) is 0 Å². The number of ether oxygens (including phenoxy) is 1. The number of amides is 2. The molecule has 4 atom stereocenters. The number of phenolic OH excluding ortho intramolecular Hbond substituents is 1. The molecule has 1 aliphatic carbocycles. The van der Waals surface area contributed by atoms with Gasteiger partial charge < -0.3 is 25.4 Å². The third-order valence-corrected chi connectivity index (χ3v) is 10.2. The molecule has 0 spiro atoms. The lowest BCUT2D eigenvalue weighted by atomic mass is 9.68. The van der Waals surface area contributed by atoms with E-state index >= 15 is 0 Å². The maximum absolute atomic E-state index is 14.2. The number of allylic oxidation sites excluding steroid dienone is 1. The van der Waals surface area contributed by atoms with Gasteiger partial charge in [-0.15, -0.1) is 0 Å². The fourth-order valence-electron chi connectivity index (χ4n) is 7.71. The van der Waals surface area contributed by atoms with Gasteiger partial charge in [0.25, 0.3) is 0 Å². The van der Waals surface area contributed by atoms with Gasteiger partial charge in [0.2, 0.25) is 11.8 Å². The number of carbonyl (C=O) groups is 2. The summed E-state index contributed by atoms with van der Waals surface area (Å²) in [6.45, 7) is 1.72. The van der Waals surface area contributed by atoms with Gasteiger partial charge in [0, 0.05) is 22.7 Å². The number of benzene rings is 5. The Bertz CT molecular complexity index is 2130. The monoisotopic (exact) mass is 694 g/mol. The van der Waals surface area contributed by atoms with Crippen LogP contribution >= 0.6 is 0 Å². The number of fused-ring (bicyclic) bond motifs is 2. The number of hydrogen-bond acceptors (Lipinski definition) is 7. The molecule has 264 valence electrons. The fourth-order valence-corrected chi connectivity index (χ4v) is 7.71. The molecule has 1 aliphatic heterocycles. The number of carbonyl (C=O) groups excluding carboxylic acids is 2. The van der Waals surface area contributed by atoms with Crippen LogP contribution in [-0.4, -0.2) is 46.5 Å². The van der Waals surface area contributed by atoms with Gasteiger partial charge in [-0.05, 0) is 103 Å². The second kappa shape index (κ2) is 15.3. The number of para-hydroxylation sites is 2. The van der Waals surface area contributed by atoms with Crippen molar-refractivity contribution in [2.24, 2.45) is 17.8 Å². The summed E-state index contributed by atoms with van der Waals surface area (Å²) in [5.74, 6) is -2.09. The topological polar surface area (TPSA) is 119 Å². The molecule has 1 heterocycles. The van der Waals surface area contributed by atoms with Crippen molar-refractivity contribution in [2.45, 2.75) is 32.3 Å². The summed E-state index contributed by atoms with van der Waals surface area (Å²) >= 11 is 0. The average Bonchev–Trinajstić information content (AvgIpc) is 3.43. The molecule has 0 bridgehead atoms. The first-order valence-electron chi connectivity index (χ1n) is 17.7. The molecular weight excluding hydrogens is 652 g/mol. The quantitative estimate of drug-likeness (QED) is 0.0772. The van der Waals surface area contributed by atoms with E-state index in [1.165, 1.54) is 4.90 Å². The van der Waals surface area contributed by atoms with Crippen molar-refractivity contribution in [3.63, 3.8) is 0 Å². The number of aliphatic hydroxyl groups excluding tert-OH is 2. The summed E-state index contributed by atoms with van der Waals surface area (Å²) < 4.78 is 6.16. The van der Waals surface area contributed by atoms with Crippen molar-refractivity contribution in [1.29, 1.82) is 0 Å². The zero-order valence-electron chi connectivity index (χ0n) is 29.0. The SMILES string of the molecule is C/C(=C\c1ccc(O)c2ccccc12)CC[C@@H](O)C1=C(COc2ccccc2)C[C@H]2C(=O)N(c3ccc(Nc4ccccc4)cc3)C(=O)[C@H]2[C@H]1CO. The van der Waals surface area contributed by atoms with Crippen LogP contribution in [0, 0.1) is 17.8 Å². The van der Waals surface area contributed by atoms with Crippen LogP contribution < -0.4 is 15.0 Å². The maximum atomic E-state index is 14.2. The van der Waals surface area contributed by atoms with Gasteiger partial charge in [0.15, 0.2) is 0 Å². The molecule has 5 aromatic rings. The number of hydrogen-bond donors (Lipinski definition) is 4. The molecule has 1 saturated heterocycles. The van der Waals surface area contributed by atoms with E-state index in [1.807, 2.05) is 110 Å². The lowest BCUT2D eigenvalue weighted by Crippen LogP contribution is -2.40. The van der Waals surface area contributed by atoms with E-state index in [1.54, 1.807) is 18.2 Å². The number of nitrogens with one attached hydrogen (secondary N) is 1. The summed E-state index contributed by atoms with van der Waals surface area (Å²) in [5, 5.41) is 38.1. The third-order valence-electron chi connectivity index (χ3n) is 10.2. The minimum atomic E-state index is -0.979.